The second-order valence-corrected chi connectivity index (χ2v) is 3.69. The van der Waals surface area contributed by atoms with Crippen LogP contribution in [-0.4, -0.2) is 42.5 Å². The molecule has 0 atom stereocenters. The molecule has 0 aromatic rings. The lowest BCUT2D eigenvalue weighted by molar-refractivity contribution is -0.121. The van der Waals surface area contributed by atoms with Gasteiger partial charge in [0.25, 0.3) is 0 Å². The highest BCUT2D eigenvalue weighted by atomic mass is 16.2. The Balaban J connectivity index is 2.19. The molecule has 0 bridgehead atoms. The fourth-order valence-electron chi connectivity index (χ4n) is 1.36. The lowest BCUT2D eigenvalue weighted by Crippen LogP contribution is -2.35. The maximum absolute atomic E-state index is 11.2. The van der Waals surface area contributed by atoms with E-state index in [4.69, 9.17) is 0 Å². The van der Waals surface area contributed by atoms with Gasteiger partial charge in [0.05, 0.1) is 0 Å². The lowest BCUT2D eigenvalue weighted by Gasteiger charge is -2.14. The minimum atomic E-state index is -0.0673. The Labute approximate surface area is 83.8 Å². The molecule has 0 aliphatic carbocycles. The topological polar surface area (TPSA) is 61.4 Å². The van der Waals surface area contributed by atoms with Crippen LogP contribution in [0.2, 0.25) is 0 Å². The normalized spacial score (nSPS) is 15.9. The average Bonchev–Trinajstić information content (AvgIpc) is 2.46. The first-order valence-electron chi connectivity index (χ1n) is 4.91. The van der Waals surface area contributed by atoms with Crippen LogP contribution in [0.15, 0.2) is 0 Å². The molecule has 1 aliphatic rings. The summed E-state index contributed by atoms with van der Waals surface area (Å²) in [7, 11) is 0. The van der Waals surface area contributed by atoms with E-state index >= 15 is 0 Å². The van der Waals surface area contributed by atoms with Crippen molar-refractivity contribution < 1.29 is 9.59 Å². The van der Waals surface area contributed by atoms with Gasteiger partial charge in [-0.15, -0.1) is 0 Å². The summed E-state index contributed by atoms with van der Waals surface area (Å²) in [6, 6.07) is 0.0947. The Hall–Kier alpha value is -1.26. The van der Waals surface area contributed by atoms with Gasteiger partial charge in [-0.05, 0) is 13.8 Å². The molecule has 0 aromatic heterocycles. The SMILES string of the molecule is CC(C)NC(=O)CCN1CCNC1=O. The molecule has 0 saturated carbocycles. The van der Waals surface area contributed by atoms with E-state index in [0.29, 0.717) is 26.1 Å². The van der Waals surface area contributed by atoms with Crippen molar-refractivity contribution >= 4 is 11.9 Å². The molecular weight excluding hydrogens is 182 g/mol. The lowest BCUT2D eigenvalue weighted by atomic mass is 10.3. The highest BCUT2D eigenvalue weighted by molar-refractivity contribution is 5.79. The van der Waals surface area contributed by atoms with Crippen LogP contribution in [0.5, 0.6) is 0 Å². The van der Waals surface area contributed by atoms with Crippen LogP contribution in [-0.2, 0) is 4.79 Å². The molecule has 1 saturated heterocycles. The summed E-state index contributed by atoms with van der Waals surface area (Å²) in [6.45, 7) is 5.73. The van der Waals surface area contributed by atoms with Gasteiger partial charge in [-0.3, -0.25) is 4.79 Å². The number of amides is 3. The molecule has 80 valence electrons. The van der Waals surface area contributed by atoms with E-state index in [9.17, 15) is 9.59 Å². The Morgan fingerprint density at radius 3 is 2.86 bits per heavy atom. The second kappa shape index (κ2) is 4.83. The molecule has 0 aromatic carbocycles. The molecular formula is C9H17N3O2. The molecule has 0 spiro atoms. The number of nitrogens with zero attached hydrogens (tertiary/aromatic N) is 1. The fraction of sp³-hybridized carbons (Fsp3) is 0.778. The number of carbonyl (C=O) groups excluding carboxylic acids is 2. The van der Waals surface area contributed by atoms with Crippen LogP contribution < -0.4 is 10.6 Å². The highest BCUT2D eigenvalue weighted by Gasteiger charge is 2.19. The number of nitrogens with one attached hydrogen (secondary N) is 2. The van der Waals surface area contributed by atoms with E-state index in [1.165, 1.54) is 0 Å². The summed E-state index contributed by atoms with van der Waals surface area (Å²) in [6.07, 6.45) is 0.381. The monoisotopic (exact) mass is 199 g/mol. The molecule has 3 amide bonds. The molecule has 1 fully saturated rings. The summed E-state index contributed by atoms with van der Waals surface area (Å²) >= 11 is 0. The van der Waals surface area contributed by atoms with E-state index in [-0.39, 0.29) is 18.0 Å². The summed E-state index contributed by atoms with van der Waals surface area (Å²) in [4.78, 5) is 24.0. The number of urea groups is 1. The Morgan fingerprint density at radius 2 is 2.36 bits per heavy atom. The van der Waals surface area contributed by atoms with Crippen molar-refractivity contribution in [2.24, 2.45) is 0 Å². The van der Waals surface area contributed by atoms with Crippen molar-refractivity contribution in [2.75, 3.05) is 19.6 Å². The van der Waals surface area contributed by atoms with Crippen LogP contribution in [0.25, 0.3) is 0 Å². The maximum atomic E-state index is 11.2. The first kappa shape index (κ1) is 10.8. The van der Waals surface area contributed by atoms with Crippen LogP contribution in [0.3, 0.4) is 0 Å². The zero-order valence-corrected chi connectivity index (χ0v) is 8.67. The van der Waals surface area contributed by atoms with E-state index in [0.717, 1.165) is 0 Å². The number of carbonyl (C=O) groups is 2. The van der Waals surface area contributed by atoms with Crippen molar-refractivity contribution in [3.8, 4) is 0 Å². The van der Waals surface area contributed by atoms with Crippen LogP contribution in [0, 0.1) is 0 Å². The summed E-state index contributed by atoms with van der Waals surface area (Å²) < 4.78 is 0. The van der Waals surface area contributed by atoms with E-state index in [1.807, 2.05) is 13.8 Å². The molecule has 5 nitrogen and oxygen atoms in total. The Bertz CT molecular complexity index is 228. The smallest absolute Gasteiger partial charge is 0.317 e. The minimum absolute atomic E-state index is 0.000278. The summed E-state index contributed by atoms with van der Waals surface area (Å²) in [5.41, 5.74) is 0. The molecule has 2 N–H and O–H groups in total. The first-order chi connectivity index (χ1) is 6.59. The van der Waals surface area contributed by atoms with E-state index in [2.05, 4.69) is 10.6 Å². The maximum Gasteiger partial charge on any atom is 0.317 e. The van der Waals surface area contributed by atoms with Gasteiger partial charge in [-0.1, -0.05) is 0 Å². The highest BCUT2D eigenvalue weighted by Crippen LogP contribution is 1.98. The summed E-state index contributed by atoms with van der Waals surface area (Å²) in [5.74, 6) is -0.000278. The van der Waals surface area contributed by atoms with Gasteiger partial charge in [0, 0.05) is 32.1 Å². The minimum Gasteiger partial charge on any atom is -0.354 e. The van der Waals surface area contributed by atoms with Gasteiger partial charge < -0.3 is 15.5 Å². The van der Waals surface area contributed by atoms with Crippen LogP contribution in [0.4, 0.5) is 4.79 Å². The summed E-state index contributed by atoms with van der Waals surface area (Å²) in [5, 5.41) is 5.47. The fourth-order valence-corrected chi connectivity index (χ4v) is 1.36. The quantitative estimate of drug-likeness (QED) is 0.665. The van der Waals surface area contributed by atoms with Crippen molar-refractivity contribution in [3.05, 3.63) is 0 Å². The average molecular weight is 199 g/mol. The molecule has 5 heteroatoms. The third-order valence-electron chi connectivity index (χ3n) is 2.00. The Kier molecular flexibility index (Phi) is 3.73. The third-order valence-corrected chi connectivity index (χ3v) is 2.00. The molecule has 1 heterocycles. The molecule has 0 unspecified atom stereocenters. The van der Waals surface area contributed by atoms with Gasteiger partial charge in [0.15, 0.2) is 0 Å². The van der Waals surface area contributed by atoms with Crippen molar-refractivity contribution in [3.63, 3.8) is 0 Å². The van der Waals surface area contributed by atoms with E-state index < -0.39 is 0 Å². The van der Waals surface area contributed by atoms with Crippen molar-refractivity contribution in [2.45, 2.75) is 26.3 Å². The number of rotatable bonds is 4. The van der Waals surface area contributed by atoms with Gasteiger partial charge >= 0.3 is 6.03 Å². The van der Waals surface area contributed by atoms with Gasteiger partial charge in [0.1, 0.15) is 0 Å². The van der Waals surface area contributed by atoms with Crippen LogP contribution in [0.1, 0.15) is 20.3 Å². The van der Waals surface area contributed by atoms with Crippen LogP contribution >= 0.6 is 0 Å². The van der Waals surface area contributed by atoms with Gasteiger partial charge in [-0.2, -0.15) is 0 Å². The molecule has 1 aliphatic heterocycles. The first-order valence-corrected chi connectivity index (χ1v) is 4.91. The van der Waals surface area contributed by atoms with Gasteiger partial charge in [-0.25, -0.2) is 4.79 Å². The Morgan fingerprint density at radius 1 is 1.64 bits per heavy atom. The van der Waals surface area contributed by atoms with E-state index in [1.54, 1.807) is 4.90 Å². The second-order valence-electron chi connectivity index (χ2n) is 3.69. The number of hydrogen-bond acceptors (Lipinski definition) is 2. The standard InChI is InChI=1S/C9H17N3O2/c1-7(2)11-8(13)3-5-12-6-4-10-9(12)14/h7H,3-6H2,1-2H3,(H,10,14)(H,11,13). The number of hydrogen-bond donors (Lipinski definition) is 2. The molecule has 0 radical (unpaired) electrons. The zero-order chi connectivity index (χ0) is 10.6. The largest absolute Gasteiger partial charge is 0.354 e. The molecule has 1 rings (SSSR count). The predicted octanol–water partition coefficient (Wildman–Crippen LogP) is -0.0737. The zero-order valence-electron chi connectivity index (χ0n) is 8.67. The molecule has 14 heavy (non-hydrogen) atoms. The van der Waals surface area contributed by atoms with Crippen molar-refractivity contribution in [1.82, 2.24) is 15.5 Å². The van der Waals surface area contributed by atoms with Crippen molar-refractivity contribution in [1.29, 1.82) is 0 Å². The predicted molar refractivity (Wildman–Crippen MR) is 52.9 cm³/mol. The third kappa shape index (κ3) is 3.24. The van der Waals surface area contributed by atoms with Gasteiger partial charge in [0.2, 0.25) is 5.91 Å².